The van der Waals surface area contributed by atoms with Crippen LogP contribution in [0.5, 0.6) is 0 Å². The summed E-state index contributed by atoms with van der Waals surface area (Å²) in [6.07, 6.45) is 7.13. The van der Waals surface area contributed by atoms with Gasteiger partial charge in [-0.3, -0.25) is 9.59 Å². The Morgan fingerprint density at radius 2 is 2.00 bits per heavy atom. The van der Waals surface area contributed by atoms with Crippen LogP contribution in [0.4, 0.5) is 0 Å². The molecule has 1 aliphatic rings. The highest BCUT2D eigenvalue weighted by molar-refractivity contribution is 5.89. The highest BCUT2D eigenvalue weighted by Gasteiger charge is 2.20. The topological polar surface area (TPSA) is 37.4 Å². The summed E-state index contributed by atoms with van der Waals surface area (Å²) >= 11 is 0. The average molecular weight is 237 g/mol. The van der Waals surface area contributed by atoms with Gasteiger partial charge in [0.05, 0.1) is 0 Å². The van der Waals surface area contributed by atoms with Crippen molar-refractivity contribution in [1.82, 2.24) is 4.90 Å². The van der Waals surface area contributed by atoms with Crippen LogP contribution in [0.25, 0.3) is 0 Å². The van der Waals surface area contributed by atoms with Crippen molar-refractivity contribution in [3.63, 3.8) is 0 Å². The molecule has 0 atom stereocenters. The molecule has 1 heterocycles. The van der Waals surface area contributed by atoms with Crippen LogP contribution in [0.1, 0.15) is 46.5 Å². The summed E-state index contributed by atoms with van der Waals surface area (Å²) in [7, 11) is 0. The summed E-state index contributed by atoms with van der Waals surface area (Å²) < 4.78 is 0. The zero-order chi connectivity index (χ0) is 12.9. The quantitative estimate of drug-likeness (QED) is 0.666. The third-order valence-electron chi connectivity index (χ3n) is 3.07. The molecule has 0 saturated heterocycles. The lowest BCUT2D eigenvalue weighted by molar-refractivity contribution is -0.126. The van der Waals surface area contributed by atoms with E-state index in [2.05, 4.69) is 0 Å². The van der Waals surface area contributed by atoms with E-state index in [0.29, 0.717) is 12.2 Å². The number of unbranched alkanes of at least 4 members (excludes halogenated alkanes) is 2. The van der Waals surface area contributed by atoms with Gasteiger partial charge in [0, 0.05) is 31.0 Å². The van der Waals surface area contributed by atoms with Crippen LogP contribution in [0, 0.1) is 5.41 Å². The molecule has 0 spiro atoms. The molecular formula is C14H23NO2. The molecule has 0 bridgehead atoms. The number of rotatable bonds is 6. The van der Waals surface area contributed by atoms with E-state index in [4.69, 9.17) is 0 Å². The molecule has 0 aliphatic carbocycles. The maximum Gasteiger partial charge on any atom is 0.246 e. The minimum Gasteiger partial charge on any atom is -0.335 e. The second kappa shape index (κ2) is 5.99. The van der Waals surface area contributed by atoms with Gasteiger partial charge in [-0.25, -0.2) is 0 Å². The number of hydrogen-bond donors (Lipinski definition) is 0. The summed E-state index contributed by atoms with van der Waals surface area (Å²) in [5.41, 5.74) is -0.213. The highest BCUT2D eigenvalue weighted by atomic mass is 16.2. The highest BCUT2D eigenvalue weighted by Crippen LogP contribution is 2.18. The fraction of sp³-hybridized carbons (Fsp3) is 0.714. The Balaban J connectivity index is 2.05. The molecule has 0 N–H and O–H groups in total. The fourth-order valence-electron chi connectivity index (χ4n) is 1.82. The van der Waals surface area contributed by atoms with E-state index in [1.807, 2.05) is 31.7 Å². The Bertz CT molecular complexity index is 313. The van der Waals surface area contributed by atoms with Crippen molar-refractivity contribution in [3.8, 4) is 0 Å². The molecule has 1 amide bonds. The standard InChI is InChI=1S/C14H23NO2/c1-14(2,3)12(16)8-5-4-6-10-15-11-7-9-13(15)17/h7,9H,4-6,8,10-11H2,1-3H3. The summed E-state index contributed by atoms with van der Waals surface area (Å²) in [5, 5.41) is 0. The van der Waals surface area contributed by atoms with Crippen LogP contribution < -0.4 is 0 Å². The predicted molar refractivity (Wildman–Crippen MR) is 68.7 cm³/mol. The molecule has 0 aromatic rings. The first kappa shape index (κ1) is 13.9. The lowest BCUT2D eigenvalue weighted by atomic mass is 9.88. The molecule has 0 radical (unpaired) electrons. The van der Waals surface area contributed by atoms with E-state index in [-0.39, 0.29) is 11.3 Å². The van der Waals surface area contributed by atoms with Gasteiger partial charge in [0.1, 0.15) is 5.78 Å². The molecule has 0 aromatic carbocycles. The number of hydrogen-bond acceptors (Lipinski definition) is 2. The van der Waals surface area contributed by atoms with Crippen LogP contribution in [0.2, 0.25) is 0 Å². The molecule has 0 fully saturated rings. The number of Topliss-reactive ketones (excluding diaryl/α,β-unsaturated/α-hetero) is 1. The summed E-state index contributed by atoms with van der Waals surface area (Å²) in [6.45, 7) is 7.45. The monoisotopic (exact) mass is 237 g/mol. The van der Waals surface area contributed by atoms with Crippen molar-refractivity contribution >= 4 is 11.7 Å². The van der Waals surface area contributed by atoms with Crippen LogP contribution in [0.3, 0.4) is 0 Å². The van der Waals surface area contributed by atoms with Gasteiger partial charge in [0.15, 0.2) is 0 Å². The third-order valence-corrected chi connectivity index (χ3v) is 3.07. The van der Waals surface area contributed by atoms with Crippen molar-refractivity contribution in [3.05, 3.63) is 12.2 Å². The Hall–Kier alpha value is -1.12. The van der Waals surface area contributed by atoms with Crippen LogP contribution in [0.15, 0.2) is 12.2 Å². The van der Waals surface area contributed by atoms with Crippen molar-refractivity contribution in [1.29, 1.82) is 0 Å². The summed E-state index contributed by atoms with van der Waals surface area (Å²) in [4.78, 5) is 24.8. The largest absolute Gasteiger partial charge is 0.335 e. The molecule has 96 valence electrons. The minimum atomic E-state index is -0.213. The second-order valence-electron chi connectivity index (χ2n) is 5.67. The van der Waals surface area contributed by atoms with Gasteiger partial charge in [0.2, 0.25) is 5.91 Å². The molecule has 17 heavy (non-hydrogen) atoms. The Labute approximate surface area is 104 Å². The minimum absolute atomic E-state index is 0.121. The third kappa shape index (κ3) is 4.72. The van der Waals surface area contributed by atoms with Gasteiger partial charge in [0.25, 0.3) is 0 Å². The second-order valence-corrected chi connectivity index (χ2v) is 5.67. The van der Waals surface area contributed by atoms with E-state index in [0.717, 1.165) is 32.4 Å². The molecule has 0 saturated carbocycles. The van der Waals surface area contributed by atoms with Crippen LogP contribution >= 0.6 is 0 Å². The van der Waals surface area contributed by atoms with Gasteiger partial charge in [-0.05, 0) is 12.8 Å². The fourth-order valence-corrected chi connectivity index (χ4v) is 1.82. The first-order valence-corrected chi connectivity index (χ1v) is 6.40. The van der Waals surface area contributed by atoms with Crippen molar-refractivity contribution in [2.24, 2.45) is 5.41 Å². The molecular weight excluding hydrogens is 214 g/mol. The smallest absolute Gasteiger partial charge is 0.246 e. The van der Waals surface area contributed by atoms with Gasteiger partial charge < -0.3 is 4.90 Å². The molecule has 0 unspecified atom stereocenters. The van der Waals surface area contributed by atoms with Gasteiger partial charge in [-0.15, -0.1) is 0 Å². The first-order valence-electron chi connectivity index (χ1n) is 6.40. The number of amides is 1. The number of carbonyl (C=O) groups excluding carboxylic acids is 2. The number of carbonyl (C=O) groups is 2. The number of ketones is 1. The first-order chi connectivity index (χ1) is 7.91. The normalized spacial score (nSPS) is 15.7. The lowest BCUT2D eigenvalue weighted by Crippen LogP contribution is -2.26. The van der Waals surface area contributed by atoms with Crippen molar-refractivity contribution in [2.75, 3.05) is 13.1 Å². The van der Waals surface area contributed by atoms with Crippen LogP contribution in [-0.4, -0.2) is 29.7 Å². The zero-order valence-electron chi connectivity index (χ0n) is 11.2. The Kier molecular flexibility index (Phi) is 4.91. The molecule has 3 heteroatoms. The molecule has 3 nitrogen and oxygen atoms in total. The van der Waals surface area contributed by atoms with Gasteiger partial charge in [-0.2, -0.15) is 0 Å². The van der Waals surface area contributed by atoms with E-state index < -0.39 is 0 Å². The molecule has 1 rings (SSSR count). The SMILES string of the molecule is CC(C)(C)C(=O)CCCCCN1CC=CC1=O. The Morgan fingerprint density at radius 1 is 1.29 bits per heavy atom. The van der Waals surface area contributed by atoms with Gasteiger partial charge >= 0.3 is 0 Å². The van der Waals surface area contributed by atoms with E-state index >= 15 is 0 Å². The van der Waals surface area contributed by atoms with Crippen LogP contribution in [-0.2, 0) is 9.59 Å². The van der Waals surface area contributed by atoms with Crippen molar-refractivity contribution < 1.29 is 9.59 Å². The molecule has 0 aromatic heterocycles. The summed E-state index contributed by atoms with van der Waals surface area (Å²) in [5.74, 6) is 0.451. The average Bonchev–Trinajstić information content (AvgIpc) is 2.62. The maximum absolute atomic E-state index is 11.7. The van der Waals surface area contributed by atoms with E-state index in [9.17, 15) is 9.59 Å². The number of nitrogens with zero attached hydrogens (tertiary/aromatic N) is 1. The van der Waals surface area contributed by atoms with E-state index in [1.54, 1.807) is 6.08 Å². The van der Waals surface area contributed by atoms with E-state index in [1.165, 1.54) is 0 Å². The van der Waals surface area contributed by atoms with Gasteiger partial charge in [-0.1, -0.05) is 33.3 Å². The predicted octanol–water partition coefficient (Wildman–Crippen LogP) is 2.56. The molecule has 1 aliphatic heterocycles. The zero-order valence-corrected chi connectivity index (χ0v) is 11.2. The Morgan fingerprint density at radius 3 is 2.53 bits per heavy atom. The van der Waals surface area contributed by atoms with Crippen molar-refractivity contribution in [2.45, 2.75) is 46.5 Å². The summed E-state index contributed by atoms with van der Waals surface area (Å²) in [6, 6.07) is 0. The lowest BCUT2D eigenvalue weighted by Gasteiger charge is -2.17. The maximum atomic E-state index is 11.7.